The summed E-state index contributed by atoms with van der Waals surface area (Å²) in [6.45, 7) is 2.31. The van der Waals surface area contributed by atoms with Crippen molar-refractivity contribution in [1.82, 2.24) is 4.98 Å². The van der Waals surface area contributed by atoms with Crippen LogP contribution in [-0.4, -0.2) is 10.1 Å². The van der Waals surface area contributed by atoms with Gasteiger partial charge in [0.15, 0.2) is 0 Å². The predicted molar refractivity (Wildman–Crippen MR) is 81.3 cm³/mol. The van der Waals surface area contributed by atoms with Gasteiger partial charge in [-0.2, -0.15) is 0 Å². The standard InChI is InChI=1S/C14H13ClN2O2S/c1-8(18)12-5-11-14(20-12)10(6-13(15)17-11)16-7-9-3-2-4-19-9/h2-6,8,18H,7H2,1H3,(H,16,17)/t8-/m0/s1. The summed E-state index contributed by atoms with van der Waals surface area (Å²) in [5.41, 5.74) is 1.69. The minimum absolute atomic E-state index is 0.425. The largest absolute Gasteiger partial charge is 0.467 e. The fourth-order valence-corrected chi connectivity index (χ4v) is 3.17. The van der Waals surface area contributed by atoms with Gasteiger partial charge in [-0.25, -0.2) is 4.98 Å². The van der Waals surface area contributed by atoms with E-state index in [-0.39, 0.29) is 0 Å². The van der Waals surface area contributed by atoms with Crippen LogP contribution in [0.25, 0.3) is 10.2 Å². The number of aromatic nitrogens is 1. The van der Waals surface area contributed by atoms with E-state index in [1.807, 2.05) is 18.2 Å². The van der Waals surface area contributed by atoms with E-state index in [1.165, 1.54) is 11.3 Å². The number of halogens is 1. The van der Waals surface area contributed by atoms with Crippen LogP contribution in [0.4, 0.5) is 5.69 Å². The van der Waals surface area contributed by atoms with Gasteiger partial charge in [-0.05, 0) is 25.1 Å². The second-order valence-electron chi connectivity index (χ2n) is 4.46. The van der Waals surface area contributed by atoms with Crippen molar-refractivity contribution in [3.63, 3.8) is 0 Å². The SMILES string of the molecule is C[C@H](O)c1cc2nc(Cl)cc(NCc3ccco3)c2s1. The highest BCUT2D eigenvalue weighted by molar-refractivity contribution is 7.19. The summed E-state index contributed by atoms with van der Waals surface area (Å²) in [6, 6.07) is 7.41. The van der Waals surface area contributed by atoms with Crippen LogP contribution < -0.4 is 5.32 Å². The molecule has 3 aromatic heterocycles. The average Bonchev–Trinajstić information content (AvgIpc) is 3.04. The first-order valence-corrected chi connectivity index (χ1v) is 7.37. The zero-order valence-corrected chi connectivity index (χ0v) is 12.3. The molecule has 3 rings (SSSR count). The number of hydrogen-bond acceptors (Lipinski definition) is 5. The van der Waals surface area contributed by atoms with Crippen molar-refractivity contribution in [2.24, 2.45) is 0 Å². The molecule has 4 nitrogen and oxygen atoms in total. The van der Waals surface area contributed by atoms with Crippen molar-refractivity contribution in [2.75, 3.05) is 5.32 Å². The maximum absolute atomic E-state index is 9.68. The van der Waals surface area contributed by atoms with Gasteiger partial charge in [0, 0.05) is 10.9 Å². The van der Waals surface area contributed by atoms with Crippen molar-refractivity contribution in [3.8, 4) is 0 Å². The van der Waals surface area contributed by atoms with E-state index in [0.29, 0.717) is 11.7 Å². The van der Waals surface area contributed by atoms with Crippen molar-refractivity contribution >= 4 is 38.8 Å². The molecule has 0 amide bonds. The molecule has 0 bridgehead atoms. The number of aliphatic hydroxyl groups is 1. The molecule has 0 spiro atoms. The second-order valence-corrected chi connectivity index (χ2v) is 5.94. The summed E-state index contributed by atoms with van der Waals surface area (Å²) in [7, 11) is 0. The molecule has 0 saturated heterocycles. The van der Waals surface area contributed by atoms with E-state index in [1.54, 1.807) is 19.3 Å². The number of fused-ring (bicyclic) bond motifs is 1. The fraction of sp³-hybridized carbons (Fsp3) is 0.214. The lowest BCUT2D eigenvalue weighted by Crippen LogP contribution is -1.98. The summed E-state index contributed by atoms with van der Waals surface area (Å²) < 4.78 is 6.28. The van der Waals surface area contributed by atoms with Gasteiger partial charge in [0.25, 0.3) is 0 Å². The number of nitrogens with one attached hydrogen (secondary N) is 1. The molecule has 1 atom stereocenters. The molecule has 104 valence electrons. The molecule has 20 heavy (non-hydrogen) atoms. The van der Waals surface area contributed by atoms with Crippen LogP contribution in [0.15, 0.2) is 34.9 Å². The van der Waals surface area contributed by atoms with E-state index in [4.69, 9.17) is 16.0 Å². The van der Waals surface area contributed by atoms with Gasteiger partial charge in [0.2, 0.25) is 0 Å². The molecular weight excluding hydrogens is 296 g/mol. The zero-order chi connectivity index (χ0) is 14.1. The number of rotatable bonds is 4. The van der Waals surface area contributed by atoms with Crippen molar-refractivity contribution in [2.45, 2.75) is 19.6 Å². The van der Waals surface area contributed by atoms with E-state index in [0.717, 1.165) is 26.5 Å². The minimum atomic E-state index is -0.508. The molecule has 0 aromatic carbocycles. The third kappa shape index (κ3) is 2.65. The molecule has 3 aromatic rings. The first-order valence-electron chi connectivity index (χ1n) is 6.18. The number of nitrogens with zero attached hydrogens (tertiary/aromatic N) is 1. The summed E-state index contributed by atoms with van der Waals surface area (Å²) in [6.07, 6.45) is 1.13. The van der Waals surface area contributed by atoms with Crippen LogP contribution in [-0.2, 0) is 6.54 Å². The molecule has 2 N–H and O–H groups in total. The first-order chi connectivity index (χ1) is 9.63. The Balaban J connectivity index is 1.96. The van der Waals surface area contributed by atoms with Crippen LogP contribution in [0.3, 0.4) is 0 Å². The summed E-state index contributed by atoms with van der Waals surface area (Å²) in [5.74, 6) is 0.846. The van der Waals surface area contributed by atoms with E-state index in [2.05, 4.69) is 10.3 Å². The number of pyridine rings is 1. The molecular formula is C14H13ClN2O2S. The molecule has 0 aliphatic heterocycles. The Kier molecular flexibility index (Phi) is 3.65. The molecule has 0 saturated carbocycles. The number of aliphatic hydroxyl groups excluding tert-OH is 1. The summed E-state index contributed by atoms with van der Waals surface area (Å²) in [4.78, 5) is 5.16. The molecule has 6 heteroatoms. The highest BCUT2D eigenvalue weighted by Gasteiger charge is 2.12. The van der Waals surface area contributed by atoms with Crippen LogP contribution in [0, 0.1) is 0 Å². The Morgan fingerprint density at radius 2 is 2.35 bits per heavy atom. The van der Waals surface area contributed by atoms with E-state index in [9.17, 15) is 5.11 Å². The second kappa shape index (κ2) is 5.44. The van der Waals surface area contributed by atoms with Gasteiger partial charge < -0.3 is 14.8 Å². The van der Waals surface area contributed by atoms with Gasteiger partial charge in [-0.15, -0.1) is 11.3 Å². The molecule has 0 aliphatic rings. The van der Waals surface area contributed by atoms with Crippen molar-refractivity contribution in [3.05, 3.63) is 46.3 Å². The average molecular weight is 309 g/mol. The van der Waals surface area contributed by atoms with Gasteiger partial charge in [0.1, 0.15) is 10.9 Å². The van der Waals surface area contributed by atoms with E-state index < -0.39 is 6.10 Å². The Morgan fingerprint density at radius 3 is 3.05 bits per heavy atom. The lowest BCUT2D eigenvalue weighted by Gasteiger charge is -2.06. The molecule has 3 heterocycles. The summed E-state index contributed by atoms with van der Waals surface area (Å²) >= 11 is 7.55. The number of anilines is 1. The third-order valence-corrected chi connectivity index (χ3v) is 4.43. The zero-order valence-electron chi connectivity index (χ0n) is 10.8. The van der Waals surface area contributed by atoms with Gasteiger partial charge in [-0.3, -0.25) is 0 Å². The Bertz CT molecular complexity index is 722. The van der Waals surface area contributed by atoms with Crippen LogP contribution >= 0.6 is 22.9 Å². The summed E-state index contributed by atoms with van der Waals surface area (Å²) in [5, 5.41) is 13.4. The van der Waals surface area contributed by atoms with Crippen LogP contribution in [0.1, 0.15) is 23.7 Å². The number of furan rings is 1. The number of hydrogen-bond donors (Lipinski definition) is 2. The molecule has 0 fully saturated rings. The molecule has 0 aliphatic carbocycles. The van der Waals surface area contributed by atoms with Gasteiger partial charge in [-0.1, -0.05) is 11.6 Å². The lowest BCUT2D eigenvalue weighted by atomic mass is 10.3. The Morgan fingerprint density at radius 1 is 1.50 bits per heavy atom. The quantitative estimate of drug-likeness (QED) is 0.709. The predicted octanol–water partition coefficient (Wildman–Crippen LogP) is 4.21. The maximum atomic E-state index is 9.68. The highest BCUT2D eigenvalue weighted by Crippen LogP contribution is 2.35. The smallest absolute Gasteiger partial charge is 0.131 e. The monoisotopic (exact) mass is 308 g/mol. The van der Waals surface area contributed by atoms with Crippen LogP contribution in [0.2, 0.25) is 5.15 Å². The molecule has 0 unspecified atom stereocenters. The normalized spacial score (nSPS) is 12.8. The minimum Gasteiger partial charge on any atom is -0.467 e. The third-order valence-electron chi connectivity index (χ3n) is 2.91. The topological polar surface area (TPSA) is 58.3 Å². The Hall–Kier alpha value is -1.56. The maximum Gasteiger partial charge on any atom is 0.131 e. The van der Waals surface area contributed by atoms with E-state index >= 15 is 0 Å². The first kappa shape index (κ1) is 13.4. The van der Waals surface area contributed by atoms with Crippen LogP contribution in [0.5, 0.6) is 0 Å². The highest BCUT2D eigenvalue weighted by atomic mass is 35.5. The van der Waals surface area contributed by atoms with Gasteiger partial charge in [0.05, 0.1) is 34.8 Å². The molecule has 0 radical (unpaired) electrons. The fourth-order valence-electron chi connectivity index (χ4n) is 1.94. The lowest BCUT2D eigenvalue weighted by molar-refractivity contribution is 0.203. The Labute approximate surface area is 125 Å². The number of thiophene rings is 1. The van der Waals surface area contributed by atoms with Crippen molar-refractivity contribution in [1.29, 1.82) is 0 Å². The van der Waals surface area contributed by atoms with Crippen molar-refractivity contribution < 1.29 is 9.52 Å². The van der Waals surface area contributed by atoms with Gasteiger partial charge >= 0.3 is 0 Å².